The lowest BCUT2D eigenvalue weighted by Gasteiger charge is -2.62. The Balaban J connectivity index is 1.81. The van der Waals surface area contributed by atoms with Crippen molar-refractivity contribution in [2.24, 2.45) is 10.4 Å². The number of aliphatic imine (C=N–C) groups is 1. The van der Waals surface area contributed by atoms with Crippen molar-refractivity contribution in [2.75, 3.05) is 20.1 Å². The summed E-state index contributed by atoms with van der Waals surface area (Å²) in [6.45, 7) is 10.6. The van der Waals surface area contributed by atoms with Crippen LogP contribution in [-0.4, -0.2) is 42.4 Å². The van der Waals surface area contributed by atoms with Crippen LogP contribution in [0.25, 0.3) is 0 Å². The maximum Gasteiger partial charge on any atom is 0.239 e. The minimum Gasteiger partial charge on any atom is -0.350 e. The lowest BCUT2D eigenvalue weighted by molar-refractivity contribution is -0.120. The number of rotatable bonds is 4. The third-order valence-electron chi connectivity index (χ3n) is 5.09. The van der Waals surface area contributed by atoms with Gasteiger partial charge in [-0.3, -0.25) is 9.79 Å². The van der Waals surface area contributed by atoms with Crippen LogP contribution in [0.5, 0.6) is 0 Å². The second-order valence-corrected chi connectivity index (χ2v) is 7.19. The van der Waals surface area contributed by atoms with Crippen molar-refractivity contribution in [3.63, 3.8) is 0 Å². The fraction of sp³-hybridized carbons (Fsp3) is 0.556. The molecular formula is C18H28N4O. The SMILES string of the molecule is CN=C(NCC(=O)NCc1ccccc1)N1CC(C)(C)C1(C)C. The molecule has 5 heteroatoms. The first-order valence-corrected chi connectivity index (χ1v) is 8.07. The molecule has 2 rings (SSSR count). The molecule has 0 atom stereocenters. The van der Waals surface area contributed by atoms with Crippen LogP contribution in [0.15, 0.2) is 35.3 Å². The number of amides is 1. The summed E-state index contributed by atoms with van der Waals surface area (Å²) in [5, 5.41) is 6.08. The van der Waals surface area contributed by atoms with Crippen LogP contribution in [0.1, 0.15) is 33.3 Å². The molecule has 0 unspecified atom stereocenters. The molecule has 0 aromatic heterocycles. The Morgan fingerprint density at radius 1 is 1.17 bits per heavy atom. The Bertz CT molecular complexity index is 578. The molecule has 0 aliphatic carbocycles. The molecule has 5 nitrogen and oxygen atoms in total. The van der Waals surface area contributed by atoms with E-state index in [4.69, 9.17) is 0 Å². The average Bonchev–Trinajstić information content (AvgIpc) is 2.53. The number of carbonyl (C=O) groups excluding carboxylic acids is 1. The zero-order valence-electron chi connectivity index (χ0n) is 14.8. The maximum atomic E-state index is 12.0. The topological polar surface area (TPSA) is 56.7 Å². The molecule has 1 aromatic carbocycles. The van der Waals surface area contributed by atoms with E-state index in [-0.39, 0.29) is 23.4 Å². The Hall–Kier alpha value is -2.04. The summed E-state index contributed by atoms with van der Waals surface area (Å²) in [7, 11) is 1.76. The molecule has 1 aliphatic heterocycles. The van der Waals surface area contributed by atoms with Gasteiger partial charge in [-0.1, -0.05) is 44.2 Å². The highest BCUT2D eigenvalue weighted by Crippen LogP contribution is 2.46. The molecule has 126 valence electrons. The number of nitrogens with one attached hydrogen (secondary N) is 2. The number of carbonyl (C=O) groups is 1. The summed E-state index contributed by atoms with van der Waals surface area (Å²) in [6.07, 6.45) is 0. The standard InChI is InChI=1S/C18H28N4O/c1-17(2)13-22(18(17,3)4)16(19-5)21-12-15(23)20-11-14-9-7-6-8-10-14/h6-10H,11-13H2,1-5H3,(H,19,21)(H,20,23). The van der Waals surface area contributed by atoms with Crippen molar-refractivity contribution in [2.45, 2.75) is 39.8 Å². The second kappa shape index (κ2) is 6.60. The third kappa shape index (κ3) is 3.66. The minimum absolute atomic E-state index is 0.0232. The van der Waals surface area contributed by atoms with Gasteiger partial charge in [0.2, 0.25) is 5.91 Å². The van der Waals surface area contributed by atoms with E-state index in [9.17, 15) is 4.79 Å². The van der Waals surface area contributed by atoms with Crippen molar-refractivity contribution in [1.82, 2.24) is 15.5 Å². The molecule has 1 fully saturated rings. The average molecular weight is 316 g/mol. The Labute approximate surface area is 139 Å². The van der Waals surface area contributed by atoms with Gasteiger partial charge in [-0.25, -0.2) is 0 Å². The first-order valence-electron chi connectivity index (χ1n) is 8.07. The normalized spacial score (nSPS) is 19.0. The number of hydrogen-bond acceptors (Lipinski definition) is 2. The summed E-state index contributed by atoms with van der Waals surface area (Å²) in [5.74, 6) is 0.747. The number of nitrogens with zero attached hydrogens (tertiary/aromatic N) is 2. The molecule has 0 spiro atoms. The molecular weight excluding hydrogens is 288 g/mol. The van der Waals surface area contributed by atoms with Crippen molar-refractivity contribution in [3.8, 4) is 0 Å². The van der Waals surface area contributed by atoms with Crippen LogP contribution in [0.4, 0.5) is 0 Å². The Morgan fingerprint density at radius 2 is 1.83 bits per heavy atom. The minimum atomic E-state index is -0.0346. The zero-order valence-corrected chi connectivity index (χ0v) is 14.8. The second-order valence-electron chi connectivity index (χ2n) is 7.19. The van der Waals surface area contributed by atoms with Gasteiger partial charge in [0.15, 0.2) is 5.96 Å². The highest BCUT2D eigenvalue weighted by Gasteiger charge is 2.53. The lowest BCUT2D eigenvalue weighted by atomic mass is 9.65. The van der Waals surface area contributed by atoms with E-state index >= 15 is 0 Å². The molecule has 0 radical (unpaired) electrons. The van der Waals surface area contributed by atoms with E-state index in [1.54, 1.807) is 7.05 Å². The first-order chi connectivity index (χ1) is 10.8. The van der Waals surface area contributed by atoms with Crippen LogP contribution < -0.4 is 10.6 Å². The van der Waals surface area contributed by atoms with E-state index in [1.165, 1.54) is 0 Å². The molecule has 1 amide bonds. The largest absolute Gasteiger partial charge is 0.350 e. The molecule has 1 heterocycles. The van der Waals surface area contributed by atoms with E-state index in [1.807, 2.05) is 30.3 Å². The smallest absolute Gasteiger partial charge is 0.239 e. The molecule has 1 aromatic rings. The molecule has 1 aliphatic rings. The summed E-state index contributed by atoms with van der Waals surface area (Å²) in [5.41, 5.74) is 1.35. The van der Waals surface area contributed by atoms with Gasteiger partial charge in [-0.2, -0.15) is 0 Å². The van der Waals surface area contributed by atoms with Gasteiger partial charge >= 0.3 is 0 Å². The summed E-state index contributed by atoms with van der Waals surface area (Å²) < 4.78 is 0. The summed E-state index contributed by atoms with van der Waals surface area (Å²) in [6, 6.07) is 9.90. The van der Waals surface area contributed by atoms with E-state index in [2.05, 4.69) is 48.2 Å². The number of guanidine groups is 1. The van der Waals surface area contributed by atoms with Crippen LogP contribution in [0, 0.1) is 5.41 Å². The predicted molar refractivity (Wildman–Crippen MR) is 94.2 cm³/mol. The number of hydrogen-bond donors (Lipinski definition) is 2. The van der Waals surface area contributed by atoms with E-state index < -0.39 is 0 Å². The van der Waals surface area contributed by atoms with E-state index in [0.717, 1.165) is 18.1 Å². The summed E-state index contributed by atoms with van der Waals surface area (Å²) in [4.78, 5) is 18.5. The predicted octanol–water partition coefficient (Wildman–Crippen LogP) is 2.00. The molecule has 1 saturated heterocycles. The molecule has 0 saturated carbocycles. The van der Waals surface area contributed by atoms with Crippen molar-refractivity contribution < 1.29 is 4.79 Å². The van der Waals surface area contributed by atoms with Crippen molar-refractivity contribution >= 4 is 11.9 Å². The van der Waals surface area contributed by atoms with Crippen LogP contribution in [0.2, 0.25) is 0 Å². The number of likely N-dealkylation sites (tertiary alicyclic amines) is 1. The Kier molecular flexibility index (Phi) is 4.97. The molecule has 2 N–H and O–H groups in total. The van der Waals surface area contributed by atoms with Gasteiger partial charge in [0.25, 0.3) is 0 Å². The van der Waals surface area contributed by atoms with Gasteiger partial charge in [-0.15, -0.1) is 0 Å². The highest BCUT2D eigenvalue weighted by atomic mass is 16.1. The third-order valence-corrected chi connectivity index (χ3v) is 5.09. The molecule has 23 heavy (non-hydrogen) atoms. The van der Waals surface area contributed by atoms with Gasteiger partial charge < -0.3 is 15.5 Å². The van der Waals surface area contributed by atoms with Gasteiger partial charge in [0, 0.05) is 31.1 Å². The van der Waals surface area contributed by atoms with Crippen molar-refractivity contribution in [3.05, 3.63) is 35.9 Å². The molecule has 0 bridgehead atoms. The van der Waals surface area contributed by atoms with Crippen LogP contribution >= 0.6 is 0 Å². The first kappa shape index (κ1) is 17.3. The summed E-state index contributed by atoms with van der Waals surface area (Å²) >= 11 is 0. The van der Waals surface area contributed by atoms with E-state index in [0.29, 0.717) is 6.54 Å². The van der Waals surface area contributed by atoms with Crippen LogP contribution in [-0.2, 0) is 11.3 Å². The highest BCUT2D eigenvalue weighted by molar-refractivity contribution is 5.87. The Morgan fingerprint density at radius 3 is 2.35 bits per heavy atom. The van der Waals surface area contributed by atoms with Gasteiger partial charge in [-0.05, 0) is 19.4 Å². The fourth-order valence-electron chi connectivity index (χ4n) is 2.71. The van der Waals surface area contributed by atoms with Gasteiger partial charge in [0.1, 0.15) is 0 Å². The van der Waals surface area contributed by atoms with Gasteiger partial charge in [0.05, 0.1) is 6.54 Å². The monoisotopic (exact) mass is 316 g/mol. The van der Waals surface area contributed by atoms with Crippen molar-refractivity contribution in [1.29, 1.82) is 0 Å². The zero-order chi connectivity index (χ0) is 17.1. The lowest BCUT2D eigenvalue weighted by Crippen LogP contribution is -2.72. The maximum absolute atomic E-state index is 12.0. The number of benzene rings is 1. The fourth-order valence-corrected chi connectivity index (χ4v) is 2.71. The van der Waals surface area contributed by atoms with Crippen LogP contribution in [0.3, 0.4) is 0 Å². The quantitative estimate of drug-likeness (QED) is 0.660.